The van der Waals surface area contributed by atoms with E-state index >= 15 is 0 Å². The van der Waals surface area contributed by atoms with E-state index < -0.39 is 15.8 Å². The second kappa shape index (κ2) is 5.71. The molecule has 2 rings (SSSR count). The Morgan fingerprint density at radius 3 is 2.48 bits per heavy atom. The molecule has 3 N–H and O–H groups in total. The van der Waals surface area contributed by atoms with Crippen molar-refractivity contribution in [3.05, 3.63) is 51.8 Å². The second-order valence-corrected chi connectivity index (χ2v) is 6.75. The van der Waals surface area contributed by atoms with Crippen LogP contribution in [0.5, 0.6) is 0 Å². The van der Waals surface area contributed by atoms with Gasteiger partial charge >= 0.3 is 0 Å². The summed E-state index contributed by atoms with van der Waals surface area (Å²) in [5.74, 6) is -0.684. The van der Waals surface area contributed by atoms with Gasteiger partial charge in [-0.2, -0.15) is 0 Å². The predicted molar refractivity (Wildman–Crippen MR) is 82.8 cm³/mol. The number of benzene rings is 2. The molecule has 0 aliphatic carbocycles. The SMILES string of the molecule is Cc1cccc(F)c1NS(=O)(=O)c1ccc(Cl)c(N)c1Cl. The largest absolute Gasteiger partial charge is 0.396 e. The standard InChI is InChI=1S/C13H11Cl2FN2O2S/c1-7-3-2-4-9(16)13(7)18-21(19,20)10-6-5-8(14)12(17)11(10)15/h2-6,18H,17H2,1H3. The number of sulfonamides is 1. The van der Waals surface area contributed by atoms with E-state index in [1.165, 1.54) is 18.2 Å². The van der Waals surface area contributed by atoms with Crippen LogP contribution in [0.3, 0.4) is 0 Å². The van der Waals surface area contributed by atoms with Gasteiger partial charge in [0.15, 0.2) is 0 Å². The molecule has 0 aromatic heterocycles. The lowest BCUT2D eigenvalue weighted by Crippen LogP contribution is -2.16. The monoisotopic (exact) mass is 348 g/mol. The number of nitrogens with one attached hydrogen (secondary N) is 1. The van der Waals surface area contributed by atoms with E-state index in [0.717, 1.165) is 6.07 Å². The Bertz CT molecular complexity index is 790. The summed E-state index contributed by atoms with van der Waals surface area (Å²) in [6.45, 7) is 1.58. The highest BCUT2D eigenvalue weighted by atomic mass is 35.5. The quantitative estimate of drug-likeness (QED) is 0.828. The topological polar surface area (TPSA) is 72.2 Å². The van der Waals surface area contributed by atoms with E-state index in [1.807, 2.05) is 0 Å². The fraction of sp³-hybridized carbons (Fsp3) is 0.0769. The lowest BCUT2D eigenvalue weighted by Gasteiger charge is -2.13. The number of anilines is 2. The van der Waals surface area contributed by atoms with E-state index in [2.05, 4.69) is 4.72 Å². The molecule has 0 atom stereocenters. The van der Waals surface area contributed by atoms with Gasteiger partial charge in [-0.25, -0.2) is 12.8 Å². The van der Waals surface area contributed by atoms with Crippen LogP contribution in [0.25, 0.3) is 0 Å². The molecule has 0 aliphatic rings. The van der Waals surface area contributed by atoms with Crippen molar-refractivity contribution in [2.75, 3.05) is 10.5 Å². The van der Waals surface area contributed by atoms with E-state index in [9.17, 15) is 12.8 Å². The average Bonchev–Trinajstić information content (AvgIpc) is 2.40. The third-order valence-electron chi connectivity index (χ3n) is 2.84. The molecule has 112 valence electrons. The number of aryl methyl sites for hydroxylation is 1. The van der Waals surface area contributed by atoms with Crippen LogP contribution in [0.1, 0.15) is 5.56 Å². The molecule has 0 saturated heterocycles. The van der Waals surface area contributed by atoms with Crippen molar-refractivity contribution >= 4 is 44.6 Å². The summed E-state index contributed by atoms with van der Waals surface area (Å²) in [5, 5.41) is -0.0648. The van der Waals surface area contributed by atoms with Crippen molar-refractivity contribution < 1.29 is 12.8 Å². The molecule has 2 aromatic carbocycles. The van der Waals surface area contributed by atoms with Crippen LogP contribution in [0.4, 0.5) is 15.8 Å². The highest BCUT2D eigenvalue weighted by molar-refractivity contribution is 7.92. The van der Waals surface area contributed by atoms with Crippen molar-refractivity contribution in [3.8, 4) is 0 Å². The average molecular weight is 349 g/mol. The maximum Gasteiger partial charge on any atom is 0.263 e. The first-order chi connectivity index (χ1) is 9.74. The molecular formula is C13H11Cl2FN2O2S. The van der Waals surface area contributed by atoms with E-state index in [0.29, 0.717) is 5.56 Å². The first kappa shape index (κ1) is 15.9. The van der Waals surface area contributed by atoms with Crippen LogP contribution in [-0.4, -0.2) is 8.42 Å². The Labute approximate surface area is 131 Å². The van der Waals surface area contributed by atoms with Gasteiger partial charge in [0, 0.05) is 0 Å². The summed E-state index contributed by atoms with van der Waals surface area (Å²) < 4.78 is 40.6. The van der Waals surface area contributed by atoms with Gasteiger partial charge in [-0.1, -0.05) is 35.3 Å². The maximum atomic E-state index is 13.7. The maximum absolute atomic E-state index is 13.7. The van der Waals surface area contributed by atoms with Crippen LogP contribution in [0.15, 0.2) is 35.2 Å². The fourth-order valence-corrected chi connectivity index (χ4v) is 3.61. The van der Waals surface area contributed by atoms with E-state index in [-0.39, 0.29) is 26.3 Å². The van der Waals surface area contributed by atoms with E-state index in [4.69, 9.17) is 28.9 Å². The van der Waals surface area contributed by atoms with Crippen molar-refractivity contribution in [1.82, 2.24) is 0 Å². The van der Waals surface area contributed by atoms with Gasteiger partial charge in [-0.15, -0.1) is 0 Å². The van der Waals surface area contributed by atoms with Crippen molar-refractivity contribution in [3.63, 3.8) is 0 Å². The summed E-state index contributed by atoms with van der Waals surface area (Å²) in [6.07, 6.45) is 0. The Morgan fingerprint density at radius 2 is 1.86 bits per heavy atom. The van der Waals surface area contributed by atoms with Crippen LogP contribution in [0, 0.1) is 12.7 Å². The molecule has 0 amide bonds. The minimum Gasteiger partial charge on any atom is -0.396 e. The summed E-state index contributed by atoms with van der Waals surface area (Å²) >= 11 is 11.7. The molecule has 0 aliphatic heterocycles. The molecule has 0 saturated carbocycles. The number of halogens is 3. The molecule has 0 radical (unpaired) electrons. The van der Waals surface area contributed by atoms with Gasteiger partial charge in [0.1, 0.15) is 10.7 Å². The van der Waals surface area contributed by atoms with Gasteiger partial charge in [-0.3, -0.25) is 4.72 Å². The molecule has 21 heavy (non-hydrogen) atoms. The van der Waals surface area contributed by atoms with Crippen molar-refractivity contribution in [1.29, 1.82) is 0 Å². The number of hydrogen-bond acceptors (Lipinski definition) is 3. The first-order valence-corrected chi connectivity index (χ1v) is 7.99. The normalized spacial score (nSPS) is 11.4. The Hall–Kier alpha value is -1.50. The second-order valence-electron chi connectivity index (χ2n) is 4.31. The molecular weight excluding hydrogens is 338 g/mol. The zero-order valence-corrected chi connectivity index (χ0v) is 13.2. The zero-order chi connectivity index (χ0) is 15.8. The molecule has 4 nitrogen and oxygen atoms in total. The lowest BCUT2D eigenvalue weighted by molar-refractivity contribution is 0.598. The highest BCUT2D eigenvalue weighted by Gasteiger charge is 2.22. The number of nitrogens with two attached hydrogens (primary N) is 1. The number of rotatable bonds is 3. The number of para-hydroxylation sites is 1. The molecule has 0 fully saturated rings. The van der Waals surface area contributed by atoms with Gasteiger partial charge in [0.25, 0.3) is 10.0 Å². The van der Waals surface area contributed by atoms with Gasteiger partial charge < -0.3 is 5.73 Å². The van der Waals surface area contributed by atoms with Crippen LogP contribution >= 0.6 is 23.2 Å². The predicted octanol–water partition coefficient (Wildman–Crippen LogP) is 3.82. The Morgan fingerprint density at radius 1 is 1.19 bits per heavy atom. The third kappa shape index (κ3) is 3.07. The molecule has 0 heterocycles. The van der Waals surface area contributed by atoms with Crippen LogP contribution in [-0.2, 0) is 10.0 Å². The lowest BCUT2D eigenvalue weighted by atomic mass is 10.2. The molecule has 8 heteroatoms. The number of hydrogen-bond donors (Lipinski definition) is 2. The minimum absolute atomic E-state index is 0.0496. The summed E-state index contributed by atoms with van der Waals surface area (Å²) in [5.41, 5.74) is 5.86. The van der Waals surface area contributed by atoms with E-state index in [1.54, 1.807) is 13.0 Å². The van der Waals surface area contributed by atoms with Crippen LogP contribution in [0.2, 0.25) is 10.0 Å². The van der Waals surface area contributed by atoms with Gasteiger partial charge in [-0.05, 0) is 30.7 Å². The van der Waals surface area contributed by atoms with Crippen molar-refractivity contribution in [2.45, 2.75) is 11.8 Å². The highest BCUT2D eigenvalue weighted by Crippen LogP contribution is 2.34. The van der Waals surface area contributed by atoms with Crippen LogP contribution < -0.4 is 10.5 Å². The minimum atomic E-state index is -4.09. The smallest absolute Gasteiger partial charge is 0.263 e. The summed E-state index contributed by atoms with van der Waals surface area (Å²) in [4.78, 5) is -0.270. The fourth-order valence-electron chi connectivity index (χ4n) is 1.71. The summed E-state index contributed by atoms with van der Waals surface area (Å²) in [6, 6.07) is 6.74. The van der Waals surface area contributed by atoms with Gasteiger partial charge in [0.05, 0.1) is 21.4 Å². The Balaban J connectivity index is 2.52. The summed E-state index contributed by atoms with van der Waals surface area (Å²) in [7, 11) is -4.09. The molecule has 0 spiro atoms. The van der Waals surface area contributed by atoms with Crippen molar-refractivity contribution in [2.24, 2.45) is 0 Å². The number of nitrogen functional groups attached to an aromatic ring is 1. The van der Waals surface area contributed by atoms with Gasteiger partial charge in [0.2, 0.25) is 0 Å². The first-order valence-electron chi connectivity index (χ1n) is 5.75. The third-order valence-corrected chi connectivity index (χ3v) is 5.08. The molecule has 0 bridgehead atoms. The molecule has 2 aromatic rings. The molecule has 0 unspecified atom stereocenters. The Kier molecular flexibility index (Phi) is 4.32. The zero-order valence-electron chi connectivity index (χ0n) is 10.8.